The van der Waals surface area contributed by atoms with Gasteiger partial charge in [0.05, 0.1) is 6.61 Å². The van der Waals surface area contributed by atoms with Crippen LogP contribution in [0.3, 0.4) is 0 Å². The SMILES string of the molecule is CCOc1cc(C(CN)NC(C)C)ccc1OC(F)F. The van der Waals surface area contributed by atoms with Crippen molar-refractivity contribution in [3.05, 3.63) is 23.8 Å². The number of nitrogens with two attached hydrogens (primary N) is 1. The summed E-state index contributed by atoms with van der Waals surface area (Å²) in [6, 6.07) is 5.09. The molecule has 0 saturated heterocycles. The van der Waals surface area contributed by atoms with E-state index in [4.69, 9.17) is 10.5 Å². The van der Waals surface area contributed by atoms with Gasteiger partial charge in [-0.15, -0.1) is 0 Å². The van der Waals surface area contributed by atoms with Gasteiger partial charge in [-0.3, -0.25) is 0 Å². The van der Waals surface area contributed by atoms with Crippen LogP contribution in [0.5, 0.6) is 11.5 Å². The quantitative estimate of drug-likeness (QED) is 0.772. The Morgan fingerprint density at radius 1 is 1.25 bits per heavy atom. The lowest BCUT2D eigenvalue weighted by molar-refractivity contribution is -0.0514. The van der Waals surface area contributed by atoms with E-state index in [1.165, 1.54) is 6.07 Å². The third-order valence-electron chi connectivity index (χ3n) is 2.66. The van der Waals surface area contributed by atoms with Crippen molar-refractivity contribution in [3.63, 3.8) is 0 Å². The lowest BCUT2D eigenvalue weighted by Crippen LogP contribution is -2.33. The van der Waals surface area contributed by atoms with Crippen molar-refractivity contribution in [3.8, 4) is 11.5 Å². The summed E-state index contributed by atoms with van der Waals surface area (Å²) in [4.78, 5) is 0. The van der Waals surface area contributed by atoms with Crippen molar-refractivity contribution in [1.82, 2.24) is 5.32 Å². The highest BCUT2D eigenvalue weighted by molar-refractivity contribution is 5.44. The van der Waals surface area contributed by atoms with Gasteiger partial charge in [0.15, 0.2) is 11.5 Å². The number of rotatable bonds is 8. The summed E-state index contributed by atoms with van der Waals surface area (Å²) in [5, 5.41) is 3.31. The maximum absolute atomic E-state index is 12.3. The average molecular weight is 288 g/mol. The molecule has 0 aliphatic heterocycles. The van der Waals surface area contributed by atoms with Gasteiger partial charge in [0, 0.05) is 18.6 Å². The van der Waals surface area contributed by atoms with Crippen LogP contribution in [0.2, 0.25) is 0 Å². The number of nitrogens with one attached hydrogen (secondary N) is 1. The monoisotopic (exact) mass is 288 g/mol. The fourth-order valence-corrected chi connectivity index (χ4v) is 1.91. The maximum atomic E-state index is 12.3. The van der Waals surface area contributed by atoms with Crippen LogP contribution in [-0.2, 0) is 0 Å². The van der Waals surface area contributed by atoms with Crippen molar-refractivity contribution >= 4 is 0 Å². The van der Waals surface area contributed by atoms with Crippen molar-refractivity contribution in [2.75, 3.05) is 13.2 Å². The van der Waals surface area contributed by atoms with Crippen LogP contribution >= 0.6 is 0 Å². The Morgan fingerprint density at radius 3 is 2.45 bits per heavy atom. The molecule has 1 rings (SSSR count). The van der Waals surface area contributed by atoms with Crippen LogP contribution < -0.4 is 20.5 Å². The highest BCUT2D eigenvalue weighted by Crippen LogP contribution is 2.31. The van der Waals surface area contributed by atoms with Crippen molar-refractivity contribution < 1.29 is 18.3 Å². The lowest BCUT2D eigenvalue weighted by atomic mass is 10.1. The minimum atomic E-state index is -2.88. The Morgan fingerprint density at radius 2 is 1.95 bits per heavy atom. The molecule has 0 radical (unpaired) electrons. The molecule has 1 aromatic carbocycles. The number of benzene rings is 1. The van der Waals surface area contributed by atoms with E-state index in [9.17, 15) is 8.78 Å². The second kappa shape index (κ2) is 8.01. The Labute approximate surface area is 118 Å². The van der Waals surface area contributed by atoms with Crippen LogP contribution in [-0.4, -0.2) is 25.8 Å². The smallest absolute Gasteiger partial charge is 0.387 e. The normalized spacial score (nSPS) is 12.8. The summed E-state index contributed by atoms with van der Waals surface area (Å²) in [6.07, 6.45) is 0. The molecular formula is C14H22F2N2O2. The van der Waals surface area contributed by atoms with Crippen LogP contribution in [0.4, 0.5) is 8.78 Å². The first-order valence-corrected chi connectivity index (χ1v) is 6.65. The molecule has 0 spiro atoms. The molecular weight excluding hydrogens is 266 g/mol. The predicted octanol–water partition coefficient (Wildman–Crippen LogP) is 2.68. The first kappa shape index (κ1) is 16.7. The third-order valence-corrected chi connectivity index (χ3v) is 2.66. The fraction of sp³-hybridized carbons (Fsp3) is 0.571. The Balaban J connectivity index is 3.01. The summed E-state index contributed by atoms with van der Waals surface area (Å²) in [5.41, 5.74) is 6.62. The summed E-state index contributed by atoms with van der Waals surface area (Å²) in [7, 11) is 0. The van der Waals surface area contributed by atoms with Gasteiger partial charge in [0.25, 0.3) is 0 Å². The van der Waals surface area contributed by atoms with E-state index in [1.54, 1.807) is 19.1 Å². The molecule has 0 heterocycles. The van der Waals surface area contributed by atoms with Crippen molar-refractivity contribution in [1.29, 1.82) is 0 Å². The molecule has 0 saturated carbocycles. The summed E-state index contributed by atoms with van der Waals surface area (Å²) in [5.74, 6) is 0.334. The number of alkyl halides is 2. The first-order valence-electron chi connectivity index (χ1n) is 6.65. The Bertz CT molecular complexity index is 414. The van der Waals surface area contributed by atoms with Gasteiger partial charge in [0.2, 0.25) is 0 Å². The van der Waals surface area contributed by atoms with Gasteiger partial charge in [-0.2, -0.15) is 8.78 Å². The van der Waals surface area contributed by atoms with E-state index in [2.05, 4.69) is 10.1 Å². The standard InChI is InChI=1S/C14H22F2N2O2/c1-4-19-13-7-10(11(8-17)18-9(2)3)5-6-12(13)20-14(15)16/h5-7,9,11,14,18H,4,8,17H2,1-3H3. The summed E-state index contributed by atoms with van der Waals surface area (Å²) in [6.45, 7) is 3.71. The van der Waals surface area contributed by atoms with Crippen LogP contribution in [0.15, 0.2) is 18.2 Å². The molecule has 4 nitrogen and oxygen atoms in total. The molecule has 1 unspecified atom stereocenters. The zero-order valence-electron chi connectivity index (χ0n) is 12.0. The molecule has 6 heteroatoms. The second-order valence-corrected chi connectivity index (χ2v) is 4.63. The number of hydrogen-bond donors (Lipinski definition) is 2. The van der Waals surface area contributed by atoms with Gasteiger partial charge in [-0.05, 0) is 24.6 Å². The zero-order valence-corrected chi connectivity index (χ0v) is 12.0. The maximum Gasteiger partial charge on any atom is 0.387 e. The Hall–Kier alpha value is -1.40. The molecule has 3 N–H and O–H groups in total. The molecule has 0 aliphatic carbocycles. The van der Waals surface area contributed by atoms with E-state index in [1.807, 2.05) is 13.8 Å². The van der Waals surface area contributed by atoms with Gasteiger partial charge < -0.3 is 20.5 Å². The molecule has 20 heavy (non-hydrogen) atoms. The highest BCUT2D eigenvalue weighted by atomic mass is 19.3. The third kappa shape index (κ3) is 4.94. The van der Waals surface area contributed by atoms with Gasteiger partial charge in [-0.25, -0.2) is 0 Å². The topological polar surface area (TPSA) is 56.5 Å². The van der Waals surface area contributed by atoms with E-state index in [0.717, 1.165) is 5.56 Å². The average Bonchev–Trinajstić information content (AvgIpc) is 2.37. The fourth-order valence-electron chi connectivity index (χ4n) is 1.91. The van der Waals surface area contributed by atoms with E-state index in [0.29, 0.717) is 18.9 Å². The summed E-state index contributed by atoms with van der Waals surface area (Å²) < 4.78 is 34.4. The van der Waals surface area contributed by atoms with Gasteiger partial charge in [0.1, 0.15) is 0 Å². The summed E-state index contributed by atoms with van der Waals surface area (Å²) >= 11 is 0. The molecule has 0 aliphatic rings. The largest absolute Gasteiger partial charge is 0.490 e. The van der Waals surface area contributed by atoms with Crippen molar-refractivity contribution in [2.24, 2.45) is 5.73 Å². The van der Waals surface area contributed by atoms with E-state index in [-0.39, 0.29) is 17.8 Å². The molecule has 0 aromatic heterocycles. The number of ether oxygens (including phenoxy) is 2. The first-order chi connectivity index (χ1) is 9.47. The highest BCUT2D eigenvalue weighted by Gasteiger charge is 2.16. The predicted molar refractivity (Wildman–Crippen MR) is 74.3 cm³/mol. The molecule has 0 bridgehead atoms. The minimum Gasteiger partial charge on any atom is -0.490 e. The van der Waals surface area contributed by atoms with Gasteiger partial charge in [-0.1, -0.05) is 19.9 Å². The molecule has 0 fully saturated rings. The van der Waals surface area contributed by atoms with Crippen molar-refractivity contribution in [2.45, 2.75) is 39.5 Å². The number of hydrogen-bond acceptors (Lipinski definition) is 4. The molecule has 114 valence electrons. The molecule has 1 aromatic rings. The number of halogens is 2. The molecule has 1 atom stereocenters. The van der Waals surface area contributed by atoms with Gasteiger partial charge >= 0.3 is 6.61 Å². The van der Waals surface area contributed by atoms with E-state index >= 15 is 0 Å². The van der Waals surface area contributed by atoms with Crippen LogP contribution in [0.25, 0.3) is 0 Å². The Kier molecular flexibility index (Phi) is 6.67. The van der Waals surface area contributed by atoms with E-state index < -0.39 is 6.61 Å². The van der Waals surface area contributed by atoms with Crippen LogP contribution in [0, 0.1) is 0 Å². The molecule has 0 amide bonds. The van der Waals surface area contributed by atoms with Crippen LogP contribution in [0.1, 0.15) is 32.4 Å². The second-order valence-electron chi connectivity index (χ2n) is 4.63. The zero-order chi connectivity index (χ0) is 15.1. The minimum absolute atomic E-state index is 0.0333. The lowest BCUT2D eigenvalue weighted by Gasteiger charge is -2.21.